The minimum atomic E-state index is 0.653. The Balaban J connectivity index is 1.56. The van der Waals surface area contributed by atoms with E-state index in [2.05, 4.69) is 119 Å². The summed E-state index contributed by atoms with van der Waals surface area (Å²) in [4.78, 5) is 2.29. The van der Waals surface area contributed by atoms with Gasteiger partial charge in [-0.2, -0.15) is 5.26 Å². The summed E-state index contributed by atoms with van der Waals surface area (Å²) in [7, 11) is 0. The first-order valence-corrected chi connectivity index (χ1v) is 12.7. The molecule has 0 spiro atoms. The third-order valence-electron chi connectivity index (χ3n) is 7.18. The second-order valence-corrected chi connectivity index (χ2v) is 9.38. The van der Waals surface area contributed by atoms with Crippen LogP contribution >= 0.6 is 0 Å². The number of anilines is 3. The molecule has 0 N–H and O–H groups in total. The lowest BCUT2D eigenvalue weighted by atomic mass is 10.0. The highest BCUT2D eigenvalue weighted by molar-refractivity contribution is 6.21. The fourth-order valence-electron chi connectivity index (χ4n) is 5.48. The predicted octanol–water partition coefficient (Wildman–Crippen LogP) is 9.28. The number of fused-ring (bicyclic) bond motifs is 5. The number of nitriles is 1. The van der Waals surface area contributed by atoms with Gasteiger partial charge in [-0.15, -0.1) is 0 Å². The number of aromatic nitrogens is 1. The van der Waals surface area contributed by atoms with E-state index in [9.17, 15) is 5.26 Å². The van der Waals surface area contributed by atoms with Gasteiger partial charge in [-0.25, -0.2) is 0 Å². The van der Waals surface area contributed by atoms with Gasteiger partial charge in [0, 0.05) is 33.5 Å². The van der Waals surface area contributed by atoms with E-state index in [0.717, 1.165) is 33.8 Å². The largest absolute Gasteiger partial charge is 0.310 e. The lowest BCUT2D eigenvalue weighted by molar-refractivity contribution is 1.18. The van der Waals surface area contributed by atoms with Crippen molar-refractivity contribution >= 4 is 49.6 Å². The van der Waals surface area contributed by atoms with Crippen molar-refractivity contribution < 1.29 is 0 Å². The van der Waals surface area contributed by atoms with Crippen LogP contribution in [0.2, 0.25) is 0 Å². The Morgan fingerprint density at radius 1 is 0.526 bits per heavy atom. The molecule has 0 aliphatic rings. The van der Waals surface area contributed by atoms with Crippen LogP contribution < -0.4 is 4.90 Å². The van der Waals surface area contributed by atoms with Crippen molar-refractivity contribution in [1.29, 1.82) is 5.26 Å². The Morgan fingerprint density at radius 3 is 1.87 bits per heavy atom. The van der Waals surface area contributed by atoms with E-state index in [4.69, 9.17) is 0 Å². The normalized spacial score (nSPS) is 11.1. The highest BCUT2D eigenvalue weighted by Crippen LogP contribution is 2.41. The molecule has 0 saturated heterocycles. The molecule has 178 valence electrons. The second-order valence-electron chi connectivity index (χ2n) is 9.38. The topological polar surface area (TPSA) is 32.0 Å². The molecule has 3 heteroatoms. The molecule has 0 radical (unpaired) electrons. The third-order valence-corrected chi connectivity index (χ3v) is 7.18. The molecule has 0 fully saturated rings. The molecule has 0 amide bonds. The average molecular weight is 486 g/mol. The van der Waals surface area contributed by atoms with Crippen LogP contribution in [0.3, 0.4) is 0 Å². The first-order valence-electron chi connectivity index (χ1n) is 12.7. The van der Waals surface area contributed by atoms with Gasteiger partial charge in [0.1, 0.15) is 0 Å². The first kappa shape index (κ1) is 21.9. The fourth-order valence-corrected chi connectivity index (χ4v) is 5.48. The Kier molecular flexibility index (Phi) is 5.17. The summed E-state index contributed by atoms with van der Waals surface area (Å²) >= 11 is 0. The standard InChI is InChI=1S/C35H23N3/c36-24-25-15-18-29(19-16-25)38-33-22-17-26-9-7-8-14-31(26)35(33)32-21-20-30(23-34(32)38)37(27-10-3-1-4-11-27)28-12-5-2-6-13-28/h1-23H. The van der Waals surface area contributed by atoms with E-state index in [1.807, 2.05) is 36.4 Å². The van der Waals surface area contributed by atoms with E-state index in [1.165, 1.54) is 21.5 Å². The number of para-hydroxylation sites is 2. The average Bonchev–Trinajstić information content (AvgIpc) is 3.32. The van der Waals surface area contributed by atoms with E-state index in [-0.39, 0.29) is 0 Å². The maximum Gasteiger partial charge on any atom is 0.0991 e. The van der Waals surface area contributed by atoms with Crippen molar-refractivity contribution in [3.63, 3.8) is 0 Å². The number of hydrogen-bond donors (Lipinski definition) is 0. The van der Waals surface area contributed by atoms with Gasteiger partial charge in [0.05, 0.1) is 22.7 Å². The van der Waals surface area contributed by atoms with Gasteiger partial charge in [0.15, 0.2) is 0 Å². The maximum atomic E-state index is 9.37. The highest BCUT2D eigenvalue weighted by atomic mass is 15.1. The molecule has 0 atom stereocenters. The molecular formula is C35H23N3. The van der Waals surface area contributed by atoms with Crippen molar-refractivity contribution in [2.24, 2.45) is 0 Å². The fraction of sp³-hybridized carbons (Fsp3) is 0. The molecule has 0 saturated carbocycles. The van der Waals surface area contributed by atoms with E-state index in [0.29, 0.717) is 5.56 Å². The SMILES string of the molecule is N#Cc1ccc(-n2c3cc(N(c4ccccc4)c4ccccc4)ccc3c3c4ccccc4ccc32)cc1. The van der Waals surface area contributed by atoms with Crippen LogP contribution in [-0.4, -0.2) is 4.57 Å². The number of hydrogen-bond acceptors (Lipinski definition) is 2. The highest BCUT2D eigenvalue weighted by Gasteiger charge is 2.18. The number of rotatable bonds is 4. The molecule has 6 aromatic carbocycles. The summed E-state index contributed by atoms with van der Waals surface area (Å²) in [6, 6.07) is 50.7. The van der Waals surface area contributed by atoms with Crippen LogP contribution in [0.4, 0.5) is 17.1 Å². The smallest absolute Gasteiger partial charge is 0.0991 e. The summed E-state index contributed by atoms with van der Waals surface area (Å²) in [6.45, 7) is 0. The van der Waals surface area contributed by atoms with Gasteiger partial charge in [-0.3, -0.25) is 0 Å². The quantitative estimate of drug-likeness (QED) is 0.249. The molecule has 0 aliphatic carbocycles. The zero-order valence-corrected chi connectivity index (χ0v) is 20.6. The van der Waals surface area contributed by atoms with Crippen molar-refractivity contribution in [2.75, 3.05) is 4.90 Å². The van der Waals surface area contributed by atoms with Crippen molar-refractivity contribution in [3.8, 4) is 11.8 Å². The van der Waals surface area contributed by atoms with Gasteiger partial charge in [0.2, 0.25) is 0 Å². The zero-order valence-electron chi connectivity index (χ0n) is 20.6. The predicted molar refractivity (Wildman–Crippen MR) is 158 cm³/mol. The summed E-state index contributed by atoms with van der Waals surface area (Å²) < 4.78 is 2.32. The van der Waals surface area contributed by atoms with Gasteiger partial charge >= 0.3 is 0 Å². The Morgan fingerprint density at radius 2 is 1.18 bits per heavy atom. The van der Waals surface area contributed by atoms with Crippen LogP contribution in [0, 0.1) is 11.3 Å². The van der Waals surface area contributed by atoms with Crippen molar-refractivity contribution in [3.05, 3.63) is 145 Å². The lowest BCUT2D eigenvalue weighted by Gasteiger charge is -2.25. The zero-order chi connectivity index (χ0) is 25.5. The van der Waals surface area contributed by atoms with Crippen LogP contribution in [0.15, 0.2) is 140 Å². The van der Waals surface area contributed by atoms with Gasteiger partial charge in [-0.05, 0) is 77.5 Å². The monoisotopic (exact) mass is 485 g/mol. The third kappa shape index (κ3) is 3.51. The minimum absolute atomic E-state index is 0.653. The van der Waals surface area contributed by atoms with Crippen LogP contribution in [0.5, 0.6) is 0 Å². The molecule has 0 bridgehead atoms. The van der Waals surface area contributed by atoms with Crippen molar-refractivity contribution in [1.82, 2.24) is 4.57 Å². The van der Waals surface area contributed by atoms with Gasteiger partial charge in [0.25, 0.3) is 0 Å². The molecule has 1 aromatic heterocycles. The summed E-state index contributed by atoms with van der Waals surface area (Å²) in [5, 5.41) is 14.3. The molecular weight excluding hydrogens is 462 g/mol. The number of nitrogens with zero attached hydrogens (tertiary/aromatic N) is 3. The summed E-state index contributed by atoms with van der Waals surface area (Å²) in [6.07, 6.45) is 0. The molecule has 0 unspecified atom stereocenters. The van der Waals surface area contributed by atoms with Gasteiger partial charge < -0.3 is 9.47 Å². The maximum absolute atomic E-state index is 9.37. The van der Waals surface area contributed by atoms with Crippen LogP contribution in [0.25, 0.3) is 38.3 Å². The van der Waals surface area contributed by atoms with Gasteiger partial charge in [-0.1, -0.05) is 72.8 Å². The Labute approximate surface area is 221 Å². The molecule has 3 nitrogen and oxygen atoms in total. The molecule has 7 rings (SSSR count). The molecule has 7 aromatic rings. The molecule has 1 heterocycles. The van der Waals surface area contributed by atoms with Crippen LogP contribution in [-0.2, 0) is 0 Å². The summed E-state index contributed by atoms with van der Waals surface area (Å²) in [5.74, 6) is 0. The van der Waals surface area contributed by atoms with E-state index >= 15 is 0 Å². The van der Waals surface area contributed by atoms with Crippen LogP contribution in [0.1, 0.15) is 5.56 Å². The Hall–Kier alpha value is -5.33. The first-order chi connectivity index (χ1) is 18.8. The van der Waals surface area contributed by atoms with E-state index in [1.54, 1.807) is 0 Å². The molecule has 38 heavy (non-hydrogen) atoms. The molecule has 0 aliphatic heterocycles. The number of benzene rings is 6. The second kappa shape index (κ2) is 8.96. The summed E-state index contributed by atoms with van der Waals surface area (Å²) in [5.41, 5.74) is 7.23. The van der Waals surface area contributed by atoms with E-state index < -0.39 is 0 Å². The minimum Gasteiger partial charge on any atom is -0.310 e. The van der Waals surface area contributed by atoms with Crippen molar-refractivity contribution in [2.45, 2.75) is 0 Å². The lowest BCUT2D eigenvalue weighted by Crippen LogP contribution is -2.09. The Bertz CT molecular complexity index is 1920.